The quantitative estimate of drug-likeness (QED) is 0.702. The van der Waals surface area contributed by atoms with Crippen LogP contribution >= 0.6 is 0 Å². The molecule has 0 amide bonds. The van der Waals surface area contributed by atoms with Gasteiger partial charge in [-0.1, -0.05) is 37.6 Å². The van der Waals surface area contributed by atoms with Crippen LogP contribution in [-0.4, -0.2) is 19.3 Å². The van der Waals surface area contributed by atoms with Gasteiger partial charge in [0.25, 0.3) is 0 Å². The van der Waals surface area contributed by atoms with Crippen molar-refractivity contribution in [1.29, 1.82) is 0 Å². The monoisotopic (exact) mass is 313 g/mol. The summed E-state index contributed by atoms with van der Waals surface area (Å²) in [5.74, 6) is 1.83. The van der Waals surface area contributed by atoms with Crippen molar-refractivity contribution < 1.29 is 9.47 Å². The molecule has 0 aliphatic heterocycles. The van der Waals surface area contributed by atoms with Gasteiger partial charge in [-0.3, -0.25) is 0 Å². The Kier molecular flexibility index (Phi) is 6.79. The first-order chi connectivity index (χ1) is 11.2. The van der Waals surface area contributed by atoms with E-state index in [0.717, 1.165) is 43.2 Å². The molecule has 2 rings (SSSR count). The van der Waals surface area contributed by atoms with E-state index in [2.05, 4.69) is 44.3 Å². The third-order valence-electron chi connectivity index (χ3n) is 3.62. The van der Waals surface area contributed by atoms with Crippen LogP contribution in [-0.2, 0) is 0 Å². The standard InChI is InChI=1S/C20H27NO2/c1-4-13-22-20-8-6-7-17(14-20)21-15-18(5-2)23-19-11-9-16(3)10-12-19/h6-12,14,18,21H,4-5,13,15H2,1-3H3. The second kappa shape index (κ2) is 9.09. The van der Waals surface area contributed by atoms with E-state index < -0.39 is 0 Å². The average Bonchev–Trinajstić information content (AvgIpc) is 2.59. The summed E-state index contributed by atoms with van der Waals surface area (Å²) in [7, 11) is 0. The minimum atomic E-state index is 0.137. The zero-order valence-electron chi connectivity index (χ0n) is 14.3. The largest absolute Gasteiger partial charge is 0.494 e. The van der Waals surface area contributed by atoms with Crippen LogP contribution in [0.1, 0.15) is 32.3 Å². The van der Waals surface area contributed by atoms with E-state index in [1.54, 1.807) is 0 Å². The van der Waals surface area contributed by atoms with Crippen molar-refractivity contribution in [3.05, 3.63) is 54.1 Å². The van der Waals surface area contributed by atoms with Gasteiger partial charge in [-0.15, -0.1) is 0 Å². The van der Waals surface area contributed by atoms with Gasteiger partial charge in [0.2, 0.25) is 0 Å². The lowest BCUT2D eigenvalue weighted by Crippen LogP contribution is -2.25. The zero-order chi connectivity index (χ0) is 16.5. The smallest absolute Gasteiger partial charge is 0.121 e. The first-order valence-electron chi connectivity index (χ1n) is 8.41. The molecular weight excluding hydrogens is 286 g/mol. The third kappa shape index (κ3) is 5.85. The Morgan fingerprint density at radius 3 is 2.48 bits per heavy atom. The van der Waals surface area contributed by atoms with E-state index in [-0.39, 0.29) is 6.10 Å². The maximum Gasteiger partial charge on any atom is 0.121 e. The van der Waals surface area contributed by atoms with Gasteiger partial charge < -0.3 is 14.8 Å². The van der Waals surface area contributed by atoms with E-state index in [1.807, 2.05) is 30.3 Å². The van der Waals surface area contributed by atoms with E-state index in [4.69, 9.17) is 9.47 Å². The minimum Gasteiger partial charge on any atom is -0.494 e. The molecule has 0 spiro atoms. The predicted molar refractivity (Wildman–Crippen MR) is 96.6 cm³/mol. The number of ether oxygens (including phenoxy) is 2. The number of anilines is 1. The van der Waals surface area contributed by atoms with E-state index >= 15 is 0 Å². The molecule has 0 heterocycles. The van der Waals surface area contributed by atoms with Crippen molar-refractivity contribution >= 4 is 5.69 Å². The number of hydrogen-bond acceptors (Lipinski definition) is 3. The molecule has 124 valence electrons. The molecule has 1 N–H and O–H groups in total. The fourth-order valence-electron chi connectivity index (χ4n) is 2.23. The van der Waals surface area contributed by atoms with Crippen LogP contribution in [0, 0.1) is 6.92 Å². The maximum atomic E-state index is 6.04. The summed E-state index contributed by atoms with van der Waals surface area (Å²) in [6, 6.07) is 16.3. The maximum absolute atomic E-state index is 6.04. The van der Waals surface area contributed by atoms with Gasteiger partial charge in [0.1, 0.15) is 17.6 Å². The molecular formula is C20H27NO2. The molecule has 3 nitrogen and oxygen atoms in total. The van der Waals surface area contributed by atoms with Crippen molar-refractivity contribution in [1.82, 2.24) is 0 Å². The number of rotatable bonds is 9. The first-order valence-corrected chi connectivity index (χ1v) is 8.41. The van der Waals surface area contributed by atoms with Crippen LogP contribution in [0.3, 0.4) is 0 Å². The average molecular weight is 313 g/mol. The second-order valence-electron chi connectivity index (χ2n) is 5.72. The first kappa shape index (κ1) is 17.2. The summed E-state index contributed by atoms with van der Waals surface area (Å²) >= 11 is 0. The highest BCUT2D eigenvalue weighted by atomic mass is 16.5. The van der Waals surface area contributed by atoms with Crippen LogP contribution in [0.5, 0.6) is 11.5 Å². The Morgan fingerprint density at radius 2 is 1.78 bits per heavy atom. The molecule has 0 aliphatic carbocycles. The van der Waals surface area contributed by atoms with Crippen molar-refractivity contribution in [2.45, 2.75) is 39.7 Å². The second-order valence-corrected chi connectivity index (χ2v) is 5.72. The van der Waals surface area contributed by atoms with Crippen LogP contribution in [0.4, 0.5) is 5.69 Å². The molecule has 2 aromatic rings. The number of nitrogens with one attached hydrogen (secondary N) is 1. The summed E-state index contributed by atoms with van der Waals surface area (Å²) in [6.07, 6.45) is 2.10. The zero-order valence-corrected chi connectivity index (χ0v) is 14.3. The third-order valence-corrected chi connectivity index (χ3v) is 3.62. The molecule has 2 aromatic carbocycles. The Hall–Kier alpha value is -2.16. The van der Waals surface area contributed by atoms with Crippen molar-refractivity contribution in [2.75, 3.05) is 18.5 Å². The Balaban J connectivity index is 1.88. The number of benzene rings is 2. The van der Waals surface area contributed by atoms with Gasteiger partial charge in [-0.25, -0.2) is 0 Å². The van der Waals surface area contributed by atoms with Gasteiger partial charge in [0.05, 0.1) is 13.2 Å². The summed E-state index contributed by atoms with van der Waals surface area (Å²) in [5.41, 5.74) is 2.30. The Morgan fingerprint density at radius 1 is 1.00 bits per heavy atom. The van der Waals surface area contributed by atoms with Crippen molar-refractivity contribution in [3.63, 3.8) is 0 Å². The summed E-state index contributed by atoms with van der Waals surface area (Å²) in [5, 5.41) is 3.44. The lowest BCUT2D eigenvalue weighted by molar-refractivity contribution is 0.210. The molecule has 1 atom stereocenters. The number of hydrogen-bond donors (Lipinski definition) is 1. The molecule has 0 fully saturated rings. The molecule has 0 aliphatic rings. The topological polar surface area (TPSA) is 30.5 Å². The van der Waals surface area contributed by atoms with Crippen molar-refractivity contribution in [2.24, 2.45) is 0 Å². The molecule has 0 saturated heterocycles. The Bertz CT molecular complexity index is 580. The highest BCUT2D eigenvalue weighted by Gasteiger charge is 2.08. The molecule has 1 unspecified atom stereocenters. The molecule has 3 heteroatoms. The number of aryl methyl sites for hydroxylation is 1. The summed E-state index contributed by atoms with van der Waals surface area (Å²) in [6.45, 7) is 7.84. The van der Waals surface area contributed by atoms with Crippen LogP contribution in [0.15, 0.2) is 48.5 Å². The van der Waals surface area contributed by atoms with E-state index in [1.165, 1.54) is 5.56 Å². The van der Waals surface area contributed by atoms with Gasteiger partial charge in [0.15, 0.2) is 0 Å². The fourth-order valence-corrected chi connectivity index (χ4v) is 2.23. The molecule has 0 saturated carbocycles. The van der Waals surface area contributed by atoms with Crippen molar-refractivity contribution in [3.8, 4) is 11.5 Å². The normalized spacial score (nSPS) is 11.8. The molecule has 23 heavy (non-hydrogen) atoms. The predicted octanol–water partition coefficient (Wildman–Crippen LogP) is 5.05. The van der Waals surface area contributed by atoms with E-state index in [9.17, 15) is 0 Å². The lowest BCUT2D eigenvalue weighted by atomic mass is 10.2. The van der Waals surface area contributed by atoms with Gasteiger partial charge in [-0.2, -0.15) is 0 Å². The van der Waals surface area contributed by atoms with Crippen LogP contribution < -0.4 is 14.8 Å². The highest BCUT2D eigenvalue weighted by molar-refractivity contribution is 5.48. The van der Waals surface area contributed by atoms with Crippen LogP contribution in [0.2, 0.25) is 0 Å². The van der Waals surface area contributed by atoms with Gasteiger partial charge in [-0.05, 0) is 44.0 Å². The van der Waals surface area contributed by atoms with Gasteiger partial charge in [0, 0.05) is 11.8 Å². The lowest BCUT2D eigenvalue weighted by Gasteiger charge is -2.19. The molecule has 0 radical (unpaired) electrons. The summed E-state index contributed by atoms with van der Waals surface area (Å²) < 4.78 is 11.7. The Labute approximate surface area is 139 Å². The molecule has 0 aromatic heterocycles. The van der Waals surface area contributed by atoms with E-state index in [0.29, 0.717) is 0 Å². The van der Waals surface area contributed by atoms with Crippen LogP contribution in [0.25, 0.3) is 0 Å². The minimum absolute atomic E-state index is 0.137. The molecule has 0 bridgehead atoms. The van der Waals surface area contributed by atoms with Gasteiger partial charge >= 0.3 is 0 Å². The SMILES string of the molecule is CCCOc1cccc(NCC(CC)Oc2ccc(C)cc2)c1. The fraction of sp³-hybridized carbons (Fsp3) is 0.400. The highest BCUT2D eigenvalue weighted by Crippen LogP contribution is 2.19. The summed E-state index contributed by atoms with van der Waals surface area (Å²) in [4.78, 5) is 0.